The number of methoxy groups -OCH3 is 1. The lowest BCUT2D eigenvalue weighted by Crippen LogP contribution is -2.41. The molecule has 132 valence electrons. The SMILES string of the molecule is COc1ccc(CNC(=O)C2(S(=O)(=O)c3ccc(Cl)cc3)CC2)cc1. The Morgan fingerprint density at radius 3 is 2.24 bits per heavy atom. The fourth-order valence-electron chi connectivity index (χ4n) is 2.66. The van der Waals surface area contributed by atoms with E-state index < -0.39 is 20.5 Å². The molecule has 0 bridgehead atoms. The lowest BCUT2D eigenvalue weighted by Gasteiger charge is -2.16. The molecule has 0 atom stereocenters. The maximum absolute atomic E-state index is 12.8. The summed E-state index contributed by atoms with van der Waals surface area (Å²) >= 11 is 5.81. The first-order valence-corrected chi connectivity index (χ1v) is 9.67. The fourth-order valence-corrected chi connectivity index (χ4v) is 4.68. The maximum atomic E-state index is 12.8. The van der Waals surface area contributed by atoms with Gasteiger partial charge in [-0.25, -0.2) is 8.42 Å². The summed E-state index contributed by atoms with van der Waals surface area (Å²) in [5, 5.41) is 3.19. The van der Waals surface area contributed by atoms with Crippen molar-refractivity contribution in [1.29, 1.82) is 0 Å². The van der Waals surface area contributed by atoms with Crippen LogP contribution >= 0.6 is 11.6 Å². The van der Waals surface area contributed by atoms with Crippen molar-refractivity contribution in [3.8, 4) is 5.75 Å². The minimum atomic E-state index is -3.75. The first-order chi connectivity index (χ1) is 11.9. The molecule has 1 amide bonds. The van der Waals surface area contributed by atoms with Gasteiger partial charge in [0.25, 0.3) is 0 Å². The highest BCUT2D eigenvalue weighted by atomic mass is 35.5. The van der Waals surface area contributed by atoms with E-state index in [1.807, 2.05) is 12.1 Å². The van der Waals surface area contributed by atoms with Crippen LogP contribution in [0, 0.1) is 0 Å². The summed E-state index contributed by atoms with van der Waals surface area (Å²) in [6.45, 7) is 0.265. The Morgan fingerprint density at radius 1 is 1.12 bits per heavy atom. The number of carbonyl (C=O) groups excluding carboxylic acids is 1. The number of rotatable bonds is 6. The second-order valence-corrected chi connectivity index (χ2v) is 8.68. The minimum absolute atomic E-state index is 0.119. The number of amides is 1. The van der Waals surface area contributed by atoms with Crippen molar-refractivity contribution in [2.75, 3.05) is 7.11 Å². The Kier molecular flexibility index (Phi) is 4.75. The van der Waals surface area contributed by atoms with Crippen LogP contribution in [0.1, 0.15) is 18.4 Å². The first-order valence-electron chi connectivity index (χ1n) is 7.80. The van der Waals surface area contributed by atoms with Crippen LogP contribution in [0.2, 0.25) is 5.02 Å². The lowest BCUT2D eigenvalue weighted by molar-refractivity contribution is -0.121. The molecule has 0 heterocycles. The van der Waals surface area contributed by atoms with Gasteiger partial charge in [0.05, 0.1) is 12.0 Å². The summed E-state index contributed by atoms with van der Waals surface area (Å²) in [4.78, 5) is 12.7. The summed E-state index contributed by atoms with van der Waals surface area (Å²) in [5.74, 6) is 0.261. The van der Waals surface area contributed by atoms with Gasteiger partial charge in [0.2, 0.25) is 5.91 Å². The average molecular weight is 380 g/mol. The predicted molar refractivity (Wildman–Crippen MR) is 95.4 cm³/mol. The topological polar surface area (TPSA) is 72.5 Å². The number of sulfone groups is 1. The standard InChI is InChI=1S/C18H18ClNO4S/c1-24-15-6-2-13(3-7-15)12-20-17(21)18(10-11-18)25(22,23)16-8-4-14(19)5-9-16/h2-9H,10-12H2,1H3,(H,20,21). The molecule has 0 radical (unpaired) electrons. The molecule has 1 aliphatic rings. The smallest absolute Gasteiger partial charge is 0.242 e. The Morgan fingerprint density at radius 2 is 1.72 bits per heavy atom. The molecule has 1 fully saturated rings. The summed E-state index contributed by atoms with van der Waals surface area (Å²) in [6.07, 6.45) is 0.652. The van der Waals surface area contributed by atoms with Crippen LogP contribution in [0.4, 0.5) is 0 Å². The van der Waals surface area contributed by atoms with Crippen molar-refractivity contribution in [1.82, 2.24) is 5.32 Å². The van der Waals surface area contributed by atoms with Crippen LogP contribution in [0.25, 0.3) is 0 Å². The van der Waals surface area contributed by atoms with E-state index in [1.54, 1.807) is 19.2 Å². The zero-order valence-electron chi connectivity index (χ0n) is 13.7. The van der Waals surface area contributed by atoms with Gasteiger partial charge < -0.3 is 10.1 Å². The van der Waals surface area contributed by atoms with E-state index in [1.165, 1.54) is 24.3 Å². The van der Waals surface area contributed by atoms with Crippen LogP contribution < -0.4 is 10.1 Å². The summed E-state index contributed by atoms with van der Waals surface area (Å²) in [6, 6.07) is 13.1. The second-order valence-electron chi connectivity index (χ2n) is 5.98. The van der Waals surface area contributed by atoms with Crippen molar-refractivity contribution >= 4 is 27.3 Å². The van der Waals surface area contributed by atoms with Gasteiger partial charge in [-0.15, -0.1) is 0 Å². The number of nitrogens with one attached hydrogen (secondary N) is 1. The molecule has 1 saturated carbocycles. The largest absolute Gasteiger partial charge is 0.497 e. The summed E-state index contributed by atoms with van der Waals surface area (Å²) in [5.41, 5.74) is 0.869. The van der Waals surface area contributed by atoms with Crippen LogP contribution in [0.15, 0.2) is 53.4 Å². The number of carbonyl (C=O) groups is 1. The summed E-state index contributed by atoms with van der Waals surface area (Å²) in [7, 11) is -2.17. The number of halogens is 1. The zero-order chi connectivity index (χ0) is 18.1. The third kappa shape index (κ3) is 3.37. The summed E-state index contributed by atoms with van der Waals surface area (Å²) < 4.78 is 29.4. The highest BCUT2D eigenvalue weighted by molar-refractivity contribution is 7.94. The van der Waals surface area contributed by atoms with Gasteiger partial charge in [-0.1, -0.05) is 23.7 Å². The molecule has 2 aromatic rings. The van der Waals surface area contributed by atoms with E-state index >= 15 is 0 Å². The van der Waals surface area contributed by atoms with Crippen molar-refractivity contribution in [2.45, 2.75) is 29.0 Å². The predicted octanol–water partition coefficient (Wildman–Crippen LogP) is 2.97. The van der Waals surface area contributed by atoms with E-state index in [2.05, 4.69) is 5.32 Å². The van der Waals surface area contributed by atoms with E-state index in [0.29, 0.717) is 17.9 Å². The Balaban J connectivity index is 1.73. The van der Waals surface area contributed by atoms with Crippen molar-refractivity contribution in [3.63, 3.8) is 0 Å². The van der Waals surface area contributed by atoms with Gasteiger partial charge in [0, 0.05) is 11.6 Å². The van der Waals surface area contributed by atoms with Crippen molar-refractivity contribution in [3.05, 3.63) is 59.1 Å². The third-order valence-corrected chi connectivity index (χ3v) is 7.14. The number of benzene rings is 2. The van der Waals surface area contributed by atoms with Gasteiger partial charge in [0.1, 0.15) is 5.75 Å². The molecule has 0 saturated heterocycles. The second kappa shape index (κ2) is 6.69. The van der Waals surface area contributed by atoms with Crippen molar-refractivity contribution < 1.29 is 17.9 Å². The first kappa shape index (κ1) is 17.8. The van der Waals surface area contributed by atoms with E-state index in [4.69, 9.17) is 16.3 Å². The molecule has 7 heteroatoms. The number of ether oxygens (including phenoxy) is 1. The Labute approximate surface area is 151 Å². The highest BCUT2D eigenvalue weighted by Crippen LogP contribution is 2.47. The van der Waals surface area contributed by atoms with Crippen LogP contribution in [0.5, 0.6) is 5.75 Å². The highest BCUT2D eigenvalue weighted by Gasteiger charge is 2.61. The number of hydrogen-bond acceptors (Lipinski definition) is 4. The minimum Gasteiger partial charge on any atom is -0.497 e. The number of hydrogen-bond donors (Lipinski definition) is 1. The molecule has 2 aromatic carbocycles. The molecule has 25 heavy (non-hydrogen) atoms. The molecular formula is C18H18ClNO4S. The Hall–Kier alpha value is -2.05. The molecular weight excluding hydrogens is 362 g/mol. The Bertz CT molecular complexity index is 872. The molecule has 3 rings (SSSR count). The van der Waals surface area contributed by atoms with Gasteiger partial charge in [0.15, 0.2) is 14.6 Å². The van der Waals surface area contributed by atoms with Gasteiger partial charge >= 0.3 is 0 Å². The molecule has 0 unspecified atom stereocenters. The van der Waals surface area contributed by atoms with E-state index in [0.717, 1.165) is 11.3 Å². The van der Waals surface area contributed by atoms with Gasteiger partial charge in [-0.05, 0) is 54.8 Å². The van der Waals surface area contributed by atoms with Gasteiger partial charge in [-0.3, -0.25) is 4.79 Å². The van der Waals surface area contributed by atoms with E-state index in [9.17, 15) is 13.2 Å². The lowest BCUT2D eigenvalue weighted by atomic mass is 10.2. The molecule has 1 N–H and O–H groups in total. The zero-order valence-corrected chi connectivity index (χ0v) is 15.2. The van der Waals surface area contributed by atoms with Crippen LogP contribution in [0.3, 0.4) is 0 Å². The molecule has 0 aromatic heterocycles. The molecule has 0 spiro atoms. The van der Waals surface area contributed by atoms with Crippen LogP contribution in [-0.4, -0.2) is 26.2 Å². The fraction of sp³-hybridized carbons (Fsp3) is 0.278. The quantitative estimate of drug-likeness (QED) is 0.837. The van der Waals surface area contributed by atoms with Crippen LogP contribution in [-0.2, 0) is 21.2 Å². The third-order valence-electron chi connectivity index (χ3n) is 4.37. The van der Waals surface area contributed by atoms with Crippen molar-refractivity contribution in [2.24, 2.45) is 0 Å². The molecule has 1 aliphatic carbocycles. The monoisotopic (exact) mass is 379 g/mol. The van der Waals surface area contributed by atoms with Gasteiger partial charge in [-0.2, -0.15) is 0 Å². The molecule has 0 aliphatic heterocycles. The average Bonchev–Trinajstić information content (AvgIpc) is 3.43. The normalized spacial score (nSPS) is 15.4. The van der Waals surface area contributed by atoms with E-state index in [-0.39, 0.29) is 11.4 Å². The molecule has 5 nitrogen and oxygen atoms in total. The maximum Gasteiger partial charge on any atom is 0.242 e.